The van der Waals surface area contributed by atoms with Gasteiger partial charge in [-0.2, -0.15) is 4.37 Å². The summed E-state index contributed by atoms with van der Waals surface area (Å²) in [7, 11) is 1.61. The molecule has 6 heteroatoms. The van der Waals surface area contributed by atoms with Gasteiger partial charge in [0, 0.05) is 5.56 Å². The van der Waals surface area contributed by atoms with Crippen LogP contribution in [0.25, 0.3) is 11.4 Å². The largest absolute Gasteiger partial charge is 0.497 e. The van der Waals surface area contributed by atoms with E-state index in [0.717, 1.165) is 22.8 Å². The lowest BCUT2D eigenvalue weighted by atomic mass is 10.2. The maximum atomic E-state index is 11.5. The quantitative estimate of drug-likeness (QED) is 0.793. The van der Waals surface area contributed by atoms with Crippen molar-refractivity contribution in [3.8, 4) is 17.1 Å². The van der Waals surface area contributed by atoms with Crippen LogP contribution < -0.4 is 4.74 Å². The number of carbonyl (C=O) groups excluding carboxylic acids is 1. The lowest BCUT2D eigenvalue weighted by Crippen LogP contribution is -2.03. The first kappa shape index (κ1) is 12.5. The van der Waals surface area contributed by atoms with Crippen LogP contribution in [0.15, 0.2) is 24.3 Å². The molecule has 94 valence electrons. The van der Waals surface area contributed by atoms with Gasteiger partial charge in [0.1, 0.15) is 5.75 Å². The maximum Gasteiger partial charge on any atom is 0.369 e. The molecule has 0 saturated carbocycles. The molecule has 0 bridgehead atoms. The zero-order valence-electron chi connectivity index (χ0n) is 10.0. The summed E-state index contributed by atoms with van der Waals surface area (Å²) in [6, 6.07) is 7.33. The van der Waals surface area contributed by atoms with Crippen molar-refractivity contribution in [2.75, 3.05) is 13.7 Å². The highest BCUT2D eigenvalue weighted by atomic mass is 32.1. The summed E-state index contributed by atoms with van der Waals surface area (Å²) in [6.07, 6.45) is 0. The molecule has 0 aliphatic heterocycles. The third kappa shape index (κ3) is 2.65. The number of carbonyl (C=O) groups is 1. The van der Waals surface area contributed by atoms with Crippen LogP contribution in [0.1, 0.15) is 16.7 Å². The summed E-state index contributed by atoms with van der Waals surface area (Å²) < 4.78 is 14.1. The summed E-state index contributed by atoms with van der Waals surface area (Å²) in [6.45, 7) is 2.08. The fourth-order valence-electron chi connectivity index (χ4n) is 1.36. The minimum absolute atomic E-state index is 0.266. The van der Waals surface area contributed by atoms with Crippen molar-refractivity contribution >= 4 is 17.5 Å². The third-order valence-electron chi connectivity index (χ3n) is 2.22. The normalized spacial score (nSPS) is 10.1. The van der Waals surface area contributed by atoms with Gasteiger partial charge in [0.15, 0.2) is 5.82 Å². The van der Waals surface area contributed by atoms with E-state index in [9.17, 15) is 4.79 Å². The Labute approximate surface area is 109 Å². The minimum Gasteiger partial charge on any atom is -0.497 e. The van der Waals surface area contributed by atoms with Crippen molar-refractivity contribution in [3.63, 3.8) is 0 Å². The second kappa shape index (κ2) is 5.59. The number of hydrogen-bond acceptors (Lipinski definition) is 6. The molecule has 5 nitrogen and oxygen atoms in total. The molecule has 18 heavy (non-hydrogen) atoms. The fraction of sp³-hybridized carbons (Fsp3) is 0.250. The first-order chi connectivity index (χ1) is 8.74. The molecule has 1 heterocycles. The molecule has 2 rings (SSSR count). The van der Waals surface area contributed by atoms with Crippen molar-refractivity contribution in [1.29, 1.82) is 0 Å². The smallest absolute Gasteiger partial charge is 0.369 e. The van der Waals surface area contributed by atoms with E-state index < -0.39 is 5.97 Å². The van der Waals surface area contributed by atoms with E-state index in [4.69, 9.17) is 9.47 Å². The van der Waals surface area contributed by atoms with Gasteiger partial charge in [0.05, 0.1) is 13.7 Å². The van der Waals surface area contributed by atoms with Gasteiger partial charge in [-0.15, -0.1) is 0 Å². The van der Waals surface area contributed by atoms with Gasteiger partial charge in [0.2, 0.25) is 5.01 Å². The van der Waals surface area contributed by atoms with Crippen LogP contribution in [0.4, 0.5) is 0 Å². The molecule has 0 spiro atoms. The average molecular weight is 264 g/mol. The summed E-state index contributed by atoms with van der Waals surface area (Å²) >= 11 is 1.04. The van der Waals surface area contributed by atoms with E-state index in [2.05, 4.69) is 9.36 Å². The van der Waals surface area contributed by atoms with E-state index >= 15 is 0 Å². The molecule has 1 aromatic carbocycles. The van der Waals surface area contributed by atoms with Crippen molar-refractivity contribution in [2.45, 2.75) is 6.92 Å². The number of hydrogen-bond donors (Lipinski definition) is 0. The molecule has 0 amide bonds. The second-order valence-electron chi connectivity index (χ2n) is 3.37. The number of aromatic nitrogens is 2. The number of nitrogens with zero attached hydrogens (tertiary/aromatic N) is 2. The van der Waals surface area contributed by atoms with Gasteiger partial charge >= 0.3 is 5.97 Å². The number of benzene rings is 1. The summed E-state index contributed by atoms with van der Waals surface area (Å²) in [4.78, 5) is 15.6. The second-order valence-corrected chi connectivity index (χ2v) is 4.12. The van der Waals surface area contributed by atoms with Crippen LogP contribution in [-0.4, -0.2) is 29.0 Å². The molecular weight excluding hydrogens is 252 g/mol. The van der Waals surface area contributed by atoms with Crippen LogP contribution in [0.5, 0.6) is 5.75 Å². The van der Waals surface area contributed by atoms with E-state index in [0.29, 0.717) is 12.4 Å². The van der Waals surface area contributed by atoms with E-state index in [1.54, 1.807) is 14.0 Å². The van der Waals surface area contributed by atoms with Gasteiger partial charge in [-0.05, 0) is 42.7 Å². The van der Waals surface area contributed by atoms with Gasteiger partial charge in [-0.1, -0.05) is 0 Å². The Morgan fingerprint density at radius 3 is 2.67 bits per heavy atom. The highest BCUT2D eigenvalue weighted by Gasteiger charge is 2.14. The molecular formula is C12H12N2O3S. The number of rotatable bonds is 4. The molecule has 0 aliphatic carbocycles. The molecule has 0 unspecified atom stereocenters. The van der Waals surface area contributed by atoms with E-state index in [1.165, 1.54) is 0 Å². The number of esters is 1. The highest BCUT2D eigenvalue weighted by Crippen LogP contribution is 2.21. The molecule has 0 N–H and O–H groups in total. The Balaban J connectivity index is 2.20. The monoisotopic (exact) mass is 264 g/mol. The minimum atomic E-state index is -0.435. The Bertz CT molecular complexity index is 537. The summed E-state index contributed by atoms with van der Waals surface area (Å²) in [5.74, 6) is 0.847. The lowest BCUT2D eigenvalue weighted by Gasteiger charge is -1.99. The maximum absolute atomic E-state index is 11.5. The highest BCUT2D eigenvalue weighted by molar-refractivity contribution is 7.07. The van der Waals surface area contributed by atoms with E-state index in [-0.39, 0.29) is 5.01 Å². The molecule has 0 saturated heterocycles. The third-order valence-corrected chi connectivity index (χ3v) is 2.92. The molecule has 2 aromatic rings. The van der Waals surface area contributed by atoms with Crippen LogP contribution >= 0.6 is 11.5 Å². The van der Waals surface area contributed by atoms with Crippen LogP contribution in [0, 0.1) is 0 Å². The Hall–Kier alpha value is -1.95. The predicted molar refractivity (Wildman–Crippen MR) is 67.9 cm³/mol. The first-order valence-corrected chi connectivity index (χ1v) is 6.17. The Kier molecular flexibility index (Phi) is 3.88. The van der Waals surface area contributed by atoms with Crippen LogP contribution in [0.3, 0.4) is 0 Å². The molecule has 0 atom stereocenters. The zero-order valence-corrected chi connectivity index (χ0v) is 10.9. The predicted octanol–water partition coefficient (Wildman–Crippen LogP) is 2.39. The number of methoxy groups -OCH3 is 1. The summed E-state index contributed by atoms with van der Waals surface area (Å²) in [5, 5.41) is 0.266. The molecule has 0 aliphatic rings. The number of ether oxygens (including phenoxy) is 2. The average Bonchev–Trinajstić information content (AvgIpc) is 2.89. The SMILES string of the molecule is CCOC(=O)c1nc(-c2ccc(OC)cc2)ns1. The molecule has 0 fully saturated rings. The van der Waals surface area contributed by atoms with Crippen molar-refractivity contribution in [2.24, 2.45) is 0 Å². The van der Waals surface area contributed by atoms with Crippen molar-refractivity contribution < 1.29 is 14.3 Å². The Morgan fingerprint density at radius 1 is 1.33 bits per heavy atom. The van der Waals surface area contributed by atoms with Gasteiger partial charge in [-0.3, -0.25) is 0 Å². The lowest BCUT2D eigenvalue weighted by molar-refractivity contribution is 0.0526. The van der Waals surface area contributed by atoms with Crippen LogP contribution in [0.2, 0.25) is 0 Å². The van der Waals surface area contributed by atoms with E-state index in [1.807, 2.05) is 24.3 Å². The summed E-state index contributed by atoms with van der Waals surface area (Å²) in [5.41, 5.74) is 0.836. The van der Waals surface area contributed by atoms with Crippen molar-refractivity contribution in [3.05, 3.63) is 29.3 Å². The van der Waals surface area contributed by atoms with Crippen LogP contribution in [-0.2, 0) is 4.74 Å². The fourth-order valence-corrected chi connectivity index (χ4v) is 1.94. The van der Waals surface area contributed by atoms with Gasteiger partial charge in [0.25, 0.3) is 0 Å². The first-order valence-electron chi connectivity index (χ1n) is 5.40. The molecule has 1 aromatic heterocycles. The topological polar surface area (TPSA) is 61.3 Å². The molecule has 0 radical (unpaired) electrons. The Morgan fingerprint density at radius 2 is 2.06 bits per heavy atom. The van der Waals surface area contributed by atoms with Gasteiger partial charge < -0.3 is 9.47 Å². The standard InChI is InChI=1S/C12H12N2O3S/c1-3-17-12(15)11-13-10(14-18-11)8-4-6-9(16-2)7-5-8/h4-7H,3H2,1-2H3. The zero-order chi connectivity index (χ0) is 13.0. The van der Waals surface area contributed by atoms with Crippen molar-refractivity contribution in [1.82, 2.24) is 9.36 Å². The van der Waals surface area contributed by atoms with Gasteiger partial charge in [-0.25, -0.2) is 9.78 Å².